The zero-order chi connectivity index (χ0) is 73.3. The molecule has 0 amide bonds. The predicted molar refractivity (Wildman–Crippen MR) is 447 cm³/mol. The first kappa shape index (κ1) is 92.1. The molecule has 12 aromatic rings. The molecule has 15 rings (SSSR count). The van der Waals surface area contributed by atoms with Crippen LogP contribution in [0.1, 0.15) is 102 Å². The third-order valence-corrected chi connectivity index (χ3v) is 17.9. The highest BCUT2D eigenvalue weighted by Crippen LogP contribution is 2.35. The lowest BCUT2D eigenvalue weighted by Crippen LogP contribution is -2.17. The Morgan fingerprint density at radius 1 is 0.486 bits per heavy atom. The van der Waals surface area contributed by atoms with E-state index in [-0.39, 0.29) is 49.1 Å². The zero-order valence-corrected chi connectivity index (χ0v) is 63.4. The van der Waals surface area contributed by atoms with Crippen molar-refractivity contribution in [1.82, 2.24) is 59.1 Å². The van der Waals surface area contributed by atoms with Crippen LogP contribution in [0.3, 0.4) is 0 Å². The van der Waals surface area contributed by atoms with Gasteiger partial charge in [-0.05, 0) is 60.5 Å². The van der Waals surface area contributed by atoms with Crippen molar-refractivity contribution < 1.29 is 42.8 Å². The van der Waals surface area contributed by atoms with Crippen molar-refractivity contribution in [3.05, 3.63) is 245 Å². The van der Waals surface area contributed by atoms with Crippen molar-refractivity contribution in [2.45, 2.75) is 117 Å². The van der Waals surface area contributed by atoms with Gasteiger partial charge in [0.05, 0.1) is 124 Å². The van der Waals surface area contributed by atoms with E-state index in [1.807, 2.05) is 164 Å². The Kier molecular flexibility index (Phi) is 42.0. The number of ether oxygens (including phenoxy) is 6. The van der Waals surface area contributed by atoms with Gasteiger partial charge in [-0.1, -0.05) is 242 Å². The smallest absolute Gasteiger partial charge is 0.356 e. The van der Waals surface area contributed by atoms with Crippen LogP contribution in [0.2, 0.25) is 0 Å². The highest BCUT2D eigenvalue weighted by atomic mass is 79.9. The van der Waals surface area contributed by atoms with Crippen molar-refractivity contribution in [2.24, 2.45) is 0 Å². The van der Waals surface area contributed by atoms with Gasteiger partial charge in [0.15, 0.2) is 5.75 Å². The van der Waals surface area contributed by atoms with Crippen LogP contribution in [0.4, 0.5) is 0 Å². The van der Waals surface area contributed by atoms with E-state index in [4.69, 9.17) is 63.2 Å². The molecule has 6 aromatic carbocycles. The lowest BCUT2D eigenvalue weighted by molar-refractivity contribution is -0.120. The molecule has 0 spiro atoms. The molecule has 0 aliphatic carbocycles. The second kappa shape index (κ2) is 49.7. The number of hydrogen-bond acceptors (Lipinski definition) is 15. The molecular formula is C83H101Br2Cl3N12O9. The number of aryl methyl sites for hydroxylation is 3. The summed E-state index contributed by atoms with van der Waals surface area (Å²) < 4.78 is 41.7. The number of alkyl halides is 4. The van der Waals surface area contributed by atoms with Crippen molar-refractivity contribution in [2.75, 3.05) is 56.0 Å². The minimum absolute atomic E-state index is 0. The summed E-state index contributed by atoms with van der Waals surface area (Å²) in [6.45, 7) is 14.3. The van der Waals surface area contributed by atoms with Crippen LogP contribution in [0.15, 0.2) is 211 Å². The van der Waals surface area contributed by atoms with E-state index < -0.39 is 0 Å². The second-order valence-electron chi connectivity index (χ2n) is 22.6. The van der Waals surface area contributed by atoms with Gasteiger partial charge < -0.3 is 28.4 Å². The SMILES string of the molecule is Brc1c(-c2ccccc2)nn2c1COCC2.C.C.C.C.C.CCOC(=O)c1cc(-c2ccccc2)n[nH]1.CCOC(=O)c1cc(-c2ccccc2)nn1CCCl.CCc1cc(-c2ccccc2)nn1CCCl.ClCCBr.O=COc1c(-c2ccccc2)nn2c1COCC2.c1ccc(-c2cc3n(n2)CCOC3)cc1. The molecule has 6 aromatic heterocycles. The van der Waals surface area contributed by atoms with Crippen LogP contribution in [-0.2, 0) is 87.4 Å². The number of nitrogens with one attached hydrogen (secondary N) is 1. The Morgan fingerprint density at radius 3 is 1.37 bits per heavy atom. The zero-order valence-electron chi connectivity index (χ0n) is 57.9. The molecular weight excluding hydrogens is 1580 g/mol. The molecule has 0 atom stereocenters. The lowest BCUT2D eigenvalue weighted by atomic mass is 10.1. The maximum absolute atomic E-state index is 11.9. The number of benzene rings is 6. The van der Waals surface area contributed by atoms with Gasteiger partial charge in [-0.2, -0.15) is 30.6 Å². The minimum Gasteiger partial charge on any atom is -0.461 e. The maximum Gasteiger partial charge on any atom is 0.356 e. The van der Waals surface area contributed by atoms with Crippen LogP contribution < -0.4 is 4.74 Å². The van der Waals surface area contributed by atoms with Gasteiger partial charge in [0.2, 0.25) is 0 Å². The highest BCUT2D eigenvalue weighted by Gasteiger charge is 2.24. The molecule has 9 heterocycles. The maximum atomic E-state index is 11.9. The molecule has 582 valence electrons. The number of carbonyl (C=O) groups is 3. The van der Waals surface area contributed by atoms with Crippen LogP contribution >= 0.6 is 66.7 Å². The standard InChI is InChI=1S/C14H15ClN2O2.C13H15ClN2.C13H12N2O3.C12H11BrN2O.C12H12N2O2.C12H12N2O.C2H4BrCl.5CH4/c1-2-19-14(18)13-10-12(16-17(13)9-8-15)11-6-4-3-5-7-11;1-2-12-10-13(15-16(12)9-8-14)11-6-4-3-5-7-11;16-9-18-13-11-8-17-7-6-15(11)14-12(13)10-4-2-1-3-5-10;13-11-10-8-16-7-6-15(10)14-12(11)9-4-2-1-3-5-9;1-2-16-12(15)11-8-10(13-14-11)9-6-4-3-5-7-9;1-2-4-10(5-3-1)12-8-11-9-15-7-6-14(11)13-12;3-1-2-4;;;;;/h3-7,10H,2,8-9H2,1H3;3-7,10H,2,8-9H2,1H3;1-5,9H,6-8H2;1-5H,6-8H2;3-8H,2H2,1H3,(H,13,14);1-5,8H,6-7,9H2;1-2H2;5*1H4. The first-order valence-electron chi connectivity index (χ1n) is 33.9. The summed E-state index contributed by atoms with van der Waals surface area (Å²) in [5.74, 6) is 1.45. The van der Waals surface area contributed by atoms with Crippen molar-refractivity contribution in [3.8, 4) is 73.3 Å². The lowest BCUT2D eigenvalue weighted by Gasteiger charge is -2.14. The Hall–Kier alpha value is -9.30. The average Bonchev–Trinajstić information content (AvgIpc) is 1.67. The van der Waals surface area contributed by atoms with Gasteiger partial charge in [-0.15, -0.1) is 34.8 Å². The quantitative estimate of drug-likeness (QED) is 0.0479. The van der Waals surface area contributed by atoms with E-state index in [0.29, 0.717) is 99.7 Å². The van der Waals surface area contributed by atoms with Crippen LogP contribution in [0, 0.1) is 0 Å². The largest absolute Gasteiger partial charge is 0.461 e. The predicted octanol–water partition coefficient (Wildman–Crippen LogP) is 19.9. The van der Waals surface area contributed by atoms with Crippen LogP contribution in [0.25, 0.3) is 67.5 Å². The monoisotopic (exact) mass is 1670 g/mol. The average molecular weight is 1680 g/mol. The summed E-state index contributed by atoms with van der Waals surface area (Å²) in [5, 5.41) is 30.3. The van der Waals surface area contributed by atoms with Crippen molar-refractivity contribution in [1.29, 1.82) is 0 Å². The number of esters is 2. The summed E-state index contributed by atoms with van der Waals surface area (Å²) in [5.41, 5.74) is 16.7. The molecule has 109 heavy (non-hydrogen) atoms. The van der Waals surface area contributed by atoms with E-state index in [9.17, 15) is 14.4 Å². The summed E-state index contributed by atoms with van der Waals surface area (Å²) in [6, 6.07) is 67.3. The molecule has 3 aliphatic rings. The summed E-state index contributed by atoms with van der Waals surface area (Å²) in [7, 11) is 0. The Balaban J connectivity index is 0.000000271. The van der Waals surface area contributed by atoms with Gasteiger partial charge in [-0.25, -0.2) is 9.59 Å². The molecule has 0 fully saturated rings. The van der Waals surface area contributed by atoms with Gasteiger partial charge in [-0.3, -0.25) is 33.3 Å². The fourth-order valence-electron chi connectivity index (χ4n) is 10.8. The van der Waals surface area contributed by atoms with Gasteiger partial charge >= 0.3 is 11.9 Å². The summed E-state index contributed by atoms with van der Waals surface area (Å²) in [6.07, 6.45) is 0.983. The van der Waals surface area contributed by atoms with Crippen molar-refractivity contribution >= 4 is 85.1 Å². The van der Waals surface area contributed by atoms with Crippen molar-refractivity contribution in [3.63, 3.8) is 0 Å². The fourth-order valence-corrected chi connectivity index (χ4v) is 11.7. The minimum atomic E-state index is -0.378. The van der Waals surface area contributed by atoms with Gasteiger partial charge in [0, 0.05) is 62.0 Å². The number of aromatic nitrogens is 12. The van der Waals surface area contributed by atoms with E-state index >= 15 is 0 Å². The first-order valence-corrected chi connectivity index (χ1v) is 37.4. The molecule has 0 bridgehead atoms. The number of fused-ring (bicyclic) bond motifs is 3. The molecule has 0 saturated heterocycles. The van der Waals surface area contributed by atoms with Crippen LogP contribution in [0.5, 0.6) is 5.75 Å². The second-order valence-corrected chi connectivity index (χ2v) is 25.3. The number of halogens is 5. The normalized spacial score (nSPS) is 11.7. The number of aromatic amines is 1. The Morgan fingerprint density at radius 2 is 0.899 bits per heavy atom. The van der Waals surface area contributed by atoms with Crippen LogP contribution in [-0.4, -0.2) is 134 Å². The number of nitrogens with zero attached hydrogens (tertiary/aromatic N) is 11. The first-order chi connectivity index (χ1) is 51.0. The summed E-state index contributed by atoms with van der Waals surface area (Å²) in [4.78, 5) is 33.9. The third kappa shape index (κ3) is 26.5. The molecule has 0 saturated carbocycles. The number of H-pyrrole nitrogens is 1. The molecule has 0 unspecified atom stereocenters. The highest BCUT2D eigenvalue weighted by molar-refractivity contribution is 9.10. The van der Waals surface area contributed by atoms with E-state index in [2.05, 4.69) is 123 Å². The molecule has 21 nitrogen and oxygen atoms in total. The summed E-state index contributed by atoms with van der Waals surface area (Å²) >= 11 is 23.4. The molecule has 0 radical (unpaired) electrons. The van der Waals surface area contributed by atoms with Gasteiger partial charge in [0.1, 0.15) is 28.5 Å². The Bertz CT molecular complexity index is 4520. The third-order valence-electron chi connectivity index (χ3n) is 15.7. The topological polar surface area (TPSA) is 224 Å². The van der Waals surface area contributed by atoms with E-state index in [1.54, 1.807) is 30.7 Å². The molecule has 3 aliphatic heterocycles. The molecule has 1 N–H and O–H groups in total. The number of hydrogen-bond donors (Lipinski definition) is 1. The number of carbonyl (C=O) groups excluding carboxylic acids is 3. The number of rotatable bonds is 18. The Labute approximate surface area is 673 Å². The van der Waals surface area contributed by atoms with Gasteiger partial charge in [0.25, 0.3) is 6.47 Å². The van der Waals surface area contributed by atoms with E-state index in [0.717, 1.165) is 117 Å². The molecule has 26 heteroatoms. The van der Waals surface area contributed by atoms with E-state index in [1.165, 1.54) is 17.0 Å². The fraction of sp³-hybridized carbons (Fsp3) is 0.313.